The van der Waals surface area contributed by atoms with Gasteiger partial charge in [-0.25, -0.2) is 13.6 Å². The molecule has 2 N–H and O–H groups in total. The van der Waals surface area contributed by atoms with E-state index in [9.17, 15) is 18.4 Å². The Morgan fingerprint density at radius 2 is 1.92 bits per heavy atom. The quantitative estimate of drug-likeness (QED) is 0.830. The fourth-order valence-electron chi connectivity index (χ4n) is 2.45. The first kappa shape index (κ1) is 17.4. The lowest BCUT2D eigenvalue weighted by Gasteiger charge is -2.13. The van der Waals surface area contributed by atoms with Gasteiger partial charge in [0, 0.05) is 29.9 Å². The van der Waals surface area contributed by atoms with Crippen molar-refractivity contribution in [3.8, 4) is 11.8 Å². The highest BCUT2D eigenvalue weighted by molar-refractivity contribution is 5.94. The van der Waals surface area contributed by atoms with E-state index in [1.54, 1.807) is 29.2 Å². The van der Waals surface area contributed by atoms with Crippen molar-refractivity contribution in [2.45, 2.75) is 0 Å². The highest BCUT2D eigenvalue weighted by Crippen LogP contribution is 2.16. The van der Waals surface area contributed by atoms with Crippen molar-refractivity contribution >= 4 is 17.6 Å². The van der Waals surface area contributed by atoms with Gasteiger partial charge in [0.1, 0.15) is 0 Å². The molecule has 2 aromatic carbocycles. The summed E-state index contributed by atoms with van der Waals surface area (Å²) in [6.07, 6.45) is 0. The summed E-state index contributed by atoms with van der Waals surface area (Å²) in [5.41, 5.74) is 1.55. The Kier molecular flexibility index (Phi) is 5.13. The maximum Gasteiger partial charge on any atom is 0.321 e. The molecule has 7 heteroatoms. The first-order valence-electron chi connectivity index (χ1n) is 7.92. The molecule has 0 atom stereocenters. The monoisotopic (exact) mass is 355 g/mol. The van der Waals surface area contributed by atoms with Gasteiger partial charge >= 0.3 is 6.03 Å². The van der Waals surface area contributed by atoms with Crippen LogP contribution in [0.15, 0.2) is 42.5 Å². The number of amides is 3. The van der Waals surface area contributed by atoms with E-state index >= 15 is 0 Å². The Morgan fingerprint density at radius 1 is 1.15 bits per heavy atom. The number of rotatable bonds is 3. The van der Waals surface area contributed by atoms with Crippen LogP contribution in [0.25, 0.3) is 0 Å². The molecule has 0 radical (unpaired) electrons. The molecule has 5 nitrogen and oxygen atoms in total. The van der Waals surface area contributed by atoms with Crippen molar-refractivity contribution in [1.82, 2.24) is 10.6 Å². The average molecular weight is 355 g/mol. The zero-order valence-electron chi connectivity index (χ0n) is 13.7. The number of carbonyl (C=O) groups is 2. The lowest BCUT2D eigenvalue weighted by atomic mass is 10.2. The smallest absolute Gasteiger partial charge is 0.321 e. The number of anilines is 1. The number of halogens is 2. The van der Waals surface area contributed by atoms with Crippen LogP contribution in [0.3, 0.4) is 0 Å². The molecule has 0 saturated carbocycles. The van der Waals surface area contributed by atoms with Gasteiger partial charge in [-0.05, 0) is 42.5 Å². The predicted molar refractivity (Wildman–Crippen MR) is 92.8 cm³/mol. The minimum atomic E-state index is -1.07. The molecule has 0 aliphatic carbocycles. The maximum atomic E-state index is 13.1. The number of carbonyl (C=O) groups excluding carboxylic acids is 2. The van der Waals surface area contributed by atoms with Gasteiger partial charge in [-0.15, -0.1) is 0 Å². The maximum absolute atomic E-state index is 13.1. The van der Waals surface area contributed by atoms with Crippen LogP contribution in [-0.2, 0) is 0 Å². The summed E-state index contributed by atoms with van der Waals surface area (Å²) in [6.45, 7) is 1.31. The highest BCUT2D eigenvalue weighted by Gasteiger charge is 2.20. The standard InChI is InChI=1S/C19H15F2N3O2/c20-16-8-5-14(12-17(16)21)18(25)22-9-1-2-13-3-6-15(7-4-13)24-11-10-23-19(24)26/h3-8,12H,9-11H2,(H,22,25)(H,23,26). The molecule has 0 aromatic heterocycles. The second-order valence-corrected chi connectivity index (χ2v) is 5.54. The number of hydrogen-bond donors (Lipinski definition) is 2. The van der Waals surface area contributed by atoms with Gasteiger partial charge in [0.05, 0.1) is 6.54 Å². The molecular formula is C19H15F2N3O2. The molecule has 132 valence electrons. The van der Waals surface area contributed by atoms with E-state index in [0.29, 0.717) is 13.1 Å². The second-order valence-electron chi connectivity index (χ2n) is 5.54. The fourth-order valence-corrected chi connectivity index (χ4v) is 2.45. The van der Waals surface area contributed by atoms with Gasteiger partial charge < -0.3 is 10.6 Å². The minimum Gasteiger partial charge on any atom is -0.341 e. The van der Waals surface area contributed by atoms with Gasteiger partial charge in [-0.1, -0.05) is 11.8 Å². The molecule has 1 heterocycles. The van der Waals surface area contributed by atoms with Crippen LogP contribution in [0.5, 0.6) is 0 Å². The number of benzene rings is 2. The third-order valence-electron chi connectivity index (χ3n) is 3.79. The number of nitrogens with zero attached hydrogens (tertiary/aromatic N) is 1. The molecule has 1 fully saturated rings. The van der Waals surface area contributed by atoms with Crippen LogP contribution in [-0.4, -0.2) is 31.6 Å². The van der Waals surface area contributed by atoms with Crippen LogP contribution < -0.4 is 15.5 Å². The first-order chi connectivity index (χ1) is 12.5. The van der Waals surface area contributed by atoms with Gasteiger partial charge in [-0.3, -0.25) is 9.69 Å². The summed E-state index contributed by atoms with van der Waals surface area (Å²) >= 11 is 0. The molecule has 0 spiro atoms. The third-order valence-corrected chi connectivity index (χ3v) is 3.79. The van der Waals surface area contributed by atoms with Crippen molar-refractivity contribution in [3.63, 3.8) is 0 Å². The van der Waals surface area contributed by atoms with E-state index < -0.39 is 17.5 Å². The Bertz CT molecular complexity index is 901. The van der Waals surface area contributed by atoms with Crippen molar-refractivity contribution in [2.75, 3.05) is 24.5 Å². The Balaban J connectivity index is 1.55. The van der Waals surface area contributed by atoms with E-state index in [1.165, 1.54) is 6.07 Å². The van der Waals surface area contributed by atoms with Crippen molar-refractivity contribution < 1.29 is 18.4 Å². The van der Waals surface area contributed by atoms with Gasteiger partial charge in [0.25, 0.3) is 5.91 Å². The molecule has 3 amide bonds. The van der Waals surface area contributed by atoms with Crippen LogP contribution in [0.2, 0.25) is 0 Å². The van der Waals surface area contributed by atoms with E-state index in [1.807, 2.05) is 0 Å². The molecule has 3 rings (SSSR count). The molecule has 26 heavy (non-hydrogen) atoms. The largest absolute Gasteiger partial charge is 0.341 e. The number of hydrogen-bond acceptors (Lipinski definition) is 2. The molecule has 1 aliphatic rings. The normalized spacial score (nSPS) is 13.0. The SMILES string of the molecule is O=C(NCC#Cc1ccc(N2CCNC2=O)cc1)c1ccc(F)c(F)c1. The third kappa shape index (κ3) is 3.98. The predicted octanol–water partition coefficient (Wildman–Crippen LogP) is 2.28. The first-order valence-corrected chi connectivity index (χ1v) is 7.92. The molecule has 1 aliphatic heterocycles. The Labute approximate surface area is 149 Å². The molecule has 1 saturated heterocycles. The topological polar surface area (TPSA) is 61.4 Å². The lowest BCUT2D eigenvalue weighted by molar-refractivity contribution is 0.0958. The van der Waals surface area contributed by atoms with E-state index in [-0.39, 0.29) is 18.1 Å². The summed E-state index contributed by atoms with van der Waals surface area (Å²) in [6, 6.07) is 9.99. The summed E-state index contributed by atoms with van der Waals surface area (Å²) in [5, 5.41) is 5.24. The van der Waals surface area contributed by atoms with E-state index in [4.69, 9.17) is 0 Å². The van der Waals surface area contributed by atoms with E-state index in [2.05, 4.69) is 22.5 Å². The highest BCUT2D eigenvalue weighted by atomic mass is 19.2. The number of nitrogens with one attached hydrogen (secondary N) is 2. The van der Waals surface area contributed by atoms with Crippen molar-refractivity contribution in [2.24, 2.45) is 0 Å². The lowest BCUT2D eigenvalue weighted by Crippen LogP contribution is -2.27. The van der Waals surface area contributed by atoms with Crippen molar-refractivity contribution in [3.05, 3.63) is 65.2 Å². The van der Waals surface area contributed by atoms with Crippen LogP contribution in [0, 0.1) is 23.5 Å². The zero-order valence-corrected chi connectivity index (χ0v) is 13.7. The van der Waals surface area contributed by atoms with Crippen molar-refractivity contribution in [1.29, 1.82) is 0 Å². The number of urea groups is 1. The van der Waals surface area contributed by atoms with Crippen LogP contribution >= 0.6 is 0 Å². The van der Waals surface area contributed by atoms with Crippen LogP contribution in [0.1, 0.15) is 15.9 Å². The Hall–Kier alpha value is -3.40. The Morgan fingerprint density at radius 3 is 2.58 bits per heavy atom. The summed E-state index contributed by atoms with van der Waals surface area (Å²) in [5.74, 6) is 3.06. The average Bonchev–Trinajstić information content (AvgIpc) is 3.07. The fraction of sp³-hybridized carbons (Fsp3) is 0.158. The molecular weight excluding hydrogens is 340 g/mol. The van der Waals surface area contributed by atoms with Gasteiger partial charge in [0.15, 0.2) is 11.6 Å². The minimum absolute atomic E-state index is 0.0268. The molecule has 0 bridgehead atoms. The van der Waals surface area contributed by atoms with E-state index in [0.717, 1.165) is 23.4 Å². The second kappa shape index (κ2) is 7.66. The summed E-state index contributed by atoms with van der Waals surface area (Å²) in [4.78, 5) is 25.1. The summed E-state index contributed by atoms with van der Waals surface area (Å²) in [7, 11) is 0. The molecule has 2 aromatic rings. The van der Waals surface area contributed by atoms with Gasteiger partial charge in [0.2, 0.25) is 0 Å². The summed E-state index contributed by atoms with van der Waals surface area (Å²) < 4.78 is 26.0. The zero-order chi connectivity index (χ0) is 18.5. The van der Waals surface area contributed by atoms with Crippen LogP contribution in [0.4, 0.5) is 19.3 Å². The van der Waals surface area contributed by atoms with Gasteiger partial charge in [-0.2, -0.15) is 0 Å². The molecule has 0 unspecified atom stereocenters.